The van der Waals surface area contributed by atoms with Gasteiger partial charge in [-0.2, -0.15) is 0 Å². The van der Waals surface area contributed by atoms with E-state index in [0.717, 1.165) is 10.8 Å². The molecular weight excluding hydrogens is 416 g/mol. The van der Waals surface area contributed by atoms with Gasteiger partial charge in [-0.05, 0) is 63.2 Å². The number of carbonyl (C=O) groups is 1. The highest BCUT2D eigenvalue weighted by Crippen LogP contribution is 2.36. The number of esters is 1. The number of ether oxygens (including phenoxy) is 2. The van der Waals surface area contributed by atoms with Crippen LogP contribution in [0.2, 0.25) is 0 Å². The summed E-state index contributed by atoms with van der Waals surface area (Å²) in [5, 5.41) is 1.94. The van der Waals surface area contributed by atoms with Crippen molar-refractivity contribution in [2.24, 2.45) is 0 Å². The average Bonchev–Trinajstić information content (AvgIpc) is 2.80. The van der Waals surface area contributed by atoms with Crippen molar-refractivity contribution < 1.29 is 14.3 Å². The average molecular weight is 444 g/mol. The third-order valence-electron chi connectivity index (χ3n) is 4.96. The number of benzene rings is 4. The van der Waals surface area contributed by atoms with Crippen molar-refractivity contribution >= 4 is 27.6 Å². The topological polar surface area (TPSA) is 35.5 Å². The Kier molecular flexibility index (Phi) is 6.63. The zero-order chi connectivity index (χ0) is 22.6. The molecule has 0 atom stereocenters. The van der Waals surface area contributed by atoms with E-state index in [1.807, 2.05) is 57.2 Å². The van der Waals surface area contributed by atoms with Crippen molar-refractivity contribution in [1.82, 2.24) is 0 Å². The van der Waals surface area contributed by atoms with Crippen LogP contribution < -0.4 is 0 Å². The maximum Gasteiger partial charge on any atom is 0.340 e. The first-order chi connectivity index (χ1) is 15.4. The van der Waals surface area contributed by atoms with Gasteiger partial charge in [0.2, 0.25) is 0 Å². The highest BCUT2D eigenvalue weighted by atomic mass is 32.2. The molecule has 162 valence electrons. The molecule has 4 rings (SSSR count). The molecule has 0 fully saturated rings. The van der Waals surface area contributed by atoms with E-state index in [9.17, 15) is 4.79 Å². The molecule has 0 radical (unpaired) electrons. The van der Waals surface area contributed by atoms with E-state index in [1.165, 1.54) is 14.7 Å². The number of hydrogen-bond donors (Lipinski definition) is 0. The lowest BCUT2D eigenvalue weighted by atomic mass is 10.0. The summed E-state index contributed by atoms with van der Waals surface area (Å²) in [7, 11) is -0.305. The van der Waals surface area contributed by atoms with Gasteiger partial charge in [-0.1, -0.05) is 54.6 Å². The molecule has 0 aliphatic rings. The standard InChI is InChI=1S/C28H27O3S/c1-28(2,3)31-20-30-27(29)25-18-19-26(24-17-11-10-16-23(24)25)32(21-12-6-4-7-13-21)22-14-8-5-9-15-22/h4-19H,20H2,1-3H3/q+1. The van der Waals surface area contributed by atoms with Gasteiger partial charge in [0, 0.05) is 10.8 Å². The summed E-state index contributed by atoms with van der Waals surface area (Å²) in [6.45, 7) is 5.72. The second-order valence-corrected chi connectivity index (χ2v) is 10.4. The van der Waals surface area contributed by atoms with Gasteiger partial charge in [-0.3, -0.25) is 0 Å². The molecule has 0 aliphatic carbocycles. The molecule has 32 heavy (non-hydrogen) atoms. The lowest BCUT2D eigenvalue weighted by molar-refractivity contribution is -0.0964. The van der Waals surface area contributed by atoms with E-state index in [2.05, 4.69) is 60.7 Å². The zero-order valence-electron chi connectivity index (χ0n) is 18.6. The molecule has 0 bridgehead atoms. The summed E-state index contributed by atoms with van der Waals surface area (Å²) in [5.41, 5.74) is 0.179. The van der Waals surface area contributed by atoms with Gasteiger partial charge >= 0.3 is 5.97 Å². The molecule has 4 heteroatoms. The summed E-state index contributed by atoms with van der Waals surface area (Å²) in [6, 6.07) is 33.0. The van der Waals surface area contributed by atoms with E-state index in [4.69, 9.17) is 9.47 Å². The second-order valence-electron chi connectivity index (χ2n) is 8.40. The molecule has 0 amide bonds. The first-order valence-electron chi connectivity index (χ1n) is 10.6. The minimum atomic E-state index is -0.378. The molecule has 0 heterocycles. The normalized spacial score (nSPS) is 11.6. The van der Waals surface area contributed by atoms with Gasteiger partial charge in [-0.25, -0.2) is 4.79 Å². The fourth-order valence-corrected chi connectivity index (χ4v) is 5.71. The Hall–Kier alpha value is -3.08. The predicted molar refractivity (Wildman–Crippen MR) is 130 cm³/mol. The first-order valence-corrected chi connectivity index (χ1v) is 11.8. The van der Waals surface area contributed by atoms with Gasteiger partial charge in [0.15, 0.2) is 21.5 Å². The monoisotopic (exact) mass is 443 g/mol. The van der Waals surface area contributed by atoms with Crippen LogP contribution in [0.15, 0.2) is 112 Å². The Balaban J connectivity index is 1.78. The molecule has 0 spiro atoms. The van der Waals surface area contributed by atoms with Gasteiger partial charge < -0.3 is 9.47 Å². The Bertz CT molecular complexity index is 1160. The second kappa shape index (κ2) is 9.60. The quantitative estimate of drug-likeness (QED) is 0.185. The highest BCUT2D eigenvalue weighted by Gasteiger charge is 2.31. The van der Waals surface area contributed by atoms with Crippen LogP contribution in [0.5, 0.6) is 0 Å². The highest BCUT2D eigenvalue weighted by molar-refractivity contribution is 7.97. The Morgan fingerprint density at radius 2 is 1.25 bits per heavy atom. The lowest BCUT2D eigenvalue weighted by Crippen LogP contribution is -2.22. The minimum absolute atomic E-state index is 0.0726. The van der Waals surface area contributed by atoms with E-state index in [-0.39, 0.29) is 29.3 Å². The van der Waals surface area contributed by atoms with Crippen LogP contribution in [0.3, 0.4) is 0 Å². The van der Waals surface area contributed by atoms with Crippen molar-refractivity contribution in [3.05, 3.63) is 103 Å². The van der Waals surface area contributed by atoms with Gasteiger partial charge in [-0.15, -0.1) is 0 Å². The summed E-state index contributed by atoms with van der Waals surface area (Å²) in [4.78, 5) is 16.5. The molecule has 0 saturated carbocycles. The summed E-state index contributed by atoms with van der Waals surface area (Å²) < 4.78 is 11.0. The molecule has 3 nitrogen and oxygen atoms in total. The van der Waals surface area contributed by atoms with Crippen LogP contribution in [0, 0.1) is 0 Å². The number of rotatable bonds is 6. The summed E-state index contributed by atoms with van der Waals surface area (Å²) >= 11 is 0. The van der Waals surface area contributed by atoms with Crippen LogP contribution in [0.1, 0.15) is 31.1 Å². The van der Waals surface area contributed by atoms with Crippen LogP contribution in [-0.2, 0) is 20.4 Å². The van der Waals surface area contributed by atoms with Crippen molar-refractivity contribution in [3.63, 3.8) is 0 Å². The Morgan fingerprint density at radius 3 is 1.81 bits per heavy atom. The van der Waals surface area contributed by atoms with Crippen molar-refractivity contribution in [2.45, 2.75) is 41.1 Å². The van der Waals surface area contributed by atoms with E-state index >= 15 is 0 Å². The first kappa shape index (κ1) is 22.1. The Labute approximate surface area is 192 Å². The molecule has 0 aliphatic heterocycles. The van der Waals surface area contributed by atoms with E-state index < -0.39 is 0 Å². The van der Waals surface area contributed by atoms with Crippen molar-refractivity contribution in [1.29, 1.82) is 0 Å². The minimum Gasteiger partial charge on any atom is -0.435 e. The van der Waals surface area contributed by atoms with Crippen LogP contribution in [-0.4, -0.2) is 18.4 Å². The number of fused-ring (bicyclic) bond motifs is 1. The van der Waals surface area contributed by atoms with E-state index in [1.54, 1.807) is 0 Å². The largest absolute Gasteiger partial charge is 0.435 e. The van der Waals surface area contributed by atoms with Crippen LogP contribution in [0.25, 0.3) is 10.8 Å². The molecule has 0 saturated heterocycles. The molecule has 0 unspecified atom stereocenters. The Morgan fingerprint density at radius 1 is 0.719 bits per heavy atom. The number of hydrogen-bond acceptors (Lipinski definition) is 3. The molecular formula is C28H27O3S+. The SMILES string of the molecule is CC(C)(C)OCOC(=O)c1ccc([S+](c2ccccc2)c2ccccc2)c2ccccc12. The summed E-state index contributed by atoms with van der Waals surface area (Å²) in [5.74, 6) is -0.378. The van der Waals surface area contributed by atoms with Crippen molar-refractivity contribution in [2.75, 3.05) is 6.79 Å². The van der Waals surface area contributed by atoms with Gasteiger partial charge in [0.05, 0.1) is 22.1 Å². The molecule has 0 aromatic heterocycles. The molecule has 4 aromatic carbocycles. The van der Waals surface area contributed by atoms with Gasteiger partial charge in [0.1, 0.15) is 0 Å². The predicted octanol–water partition coefficient (Wildman–Crippen LogP) is 6.86. The summed E-state index contributed by atoms with van der Waals surface area (Å²) in [6.07, 6.45) is 0. The smallest absolute Gasteiger partial charge is 0.340 e. The third-order valence-corrected chi connectivity index (χ3v) is 7.25. The van der Waals surface area contributed by atoms with Gasteiger partial charge in [0.25, 0.3) is 0 Å². The fraction of sp³-hybridized carbons (Fsp3) is 0.179. The third kappa shape index (κ3) is 5.04. The number of carbonyl (C=O) groups excluding carboxylic acids is 1. The van der Waals surface area contributed by atoms with Crippen molar-refractivity contribution in [3.8, 4) is 0 Å². The zero-order valence-corrected chi connectivity index (χ0v) is 19.4. The fourth-order valence-electron chi connectivity index (χ4n) is 3.47. The van der Waals surface area contributed by atoms with Crippen LogP contribution in [0.4, 0.5) is 0 Å². The van der Waals surface area contributed by atoms with Crippen LogP contribution >= 0.6 is 0 Å². The maximum atomic E-state index is 12.9. The molecule has 0 N–H and O–H groups in total. The molecule has 4 aromatic rings. The maximum absolute atomic E-state index is 12.9. The van der Waals surface area contributed by atoms with E-state index in [0.29, 0.717) is 5.56 Å². The lowest BCUT2D eigenvalue weighted by Gasteiger charge is -2.19.